The summed E-state index contributed by atoms with van der Waals surface area (Å²) in [5.74, 6) is 0. The average molecular weight is 234 g/mol. The Morgan fingerprint density at radius 1 is 1.12 bits per heavy atom. The second-order valence-corrected chi connectivity index (χ2v) is 4.85. The van der Waals surface area contributed by atoms with Gasteiger partial charge >= 0.3 is 0 Å². The predicted molar refractivity (Wildman–Crippen MR) is 72.9 cm³/mol. The lowest BCUT2D eigenvalue weighted by atomic mass is 10.1. The number of nitrogen functional groups attached to an aromatic ring is 2. The van der Waals surface area contributed by atoms with Gasteiger partial charge in [0.2, 0.25) is 0 Å². The topological polar surface area (TPSA) is 58.5 Å². The van der Waals surface area contributed by atoms with Gasteiger partial charge in [-0.3, -0.25) is 0 Å². The average Bonchev–Trinajstić information content (AvgIpc) is 2.32. The molecule has 1 aromatic carbocycles. The predicted octanol–water partition coefficient (Wildman–Crippen LogP) is 0.641. The lowest BCUT2D eigenvalue weighted by molar-refractivity contribution is 0.155. The van der Waals surface area contributed by atoms with Crippen molar-refractivity contribution in [1.82, 2.24) is 9.80 Å². The van der Waals surface area contributed by atoms with Gasteiger partial charge in [-0.25, -0.2) is 0 Å². The van der Waals surface area contributed by atoms with Crippen molar-refractivity contribution in [2.75, 3.05) is 51.2 Å². The van der Waals surface area contributed by atoms with E-state index in [1.807, 2.05) is 18.2 Å². The highest BCUT2D eigenvalue weighted by Gasteiger charge is 2.13. The van der Waals surface area contributed by atoms with E-state index >= 15 is 0 Å². The molecular weight excluding hydrogens is 212 g/mol. The summed E-state index contributed by atoms with van der Waals surface area (Å²) < 4.78 is 0. The Hall–Kier alpha value is -1.26. The van der Waals surface area contributed by atoms with Gasteiger partial charge in [0.05, 0.1) is 0 Å². The van der Waals surface area contributed by atoms with E-state index in [0.717, 1.165) is 50.5 Å². The maximum atomic E-state index is 5.94. The number of likely N-dealkylation sites (N-methyl/N-ethyl adjacent to an activating group) is 1. The molecule has 4 nitrogen and oxygen atoms in total. The number of anilines is 2. The lowest BCUT2D eigenvalue weighted by Crippen LogP contribution is -2.45. The van der Waals surface area contributed by atoms with Crippen LogP contribution in [0.3, 0.4) is 0 Å². The van der Waals surface area contributed by atoms with Crippen LogP contribution in [0.5, 0.6) is 0 Å². The first-order valence-electron chi connectivity index (χ1n) is 6.20. The molecule has 0 amide bonds. The minimum absolute atomic E-state index is 0.799. The monoisotopic (exact) mass is 234 g/mol. The van der Waals surface area contributed by atoms with Gasteiger partial charge in [0.1, 0.15) is 0 Å². The van der Waals surface area contributed by atoms with Crippen LogP contribution in [-0.2, 0) is 6.42 Å². The Kier molecular flexibility index (Phi) is 3.86. The zero-order valence-electron chi connectivity index (χ0n) is 10.5. The number of nitrogens with two attached hydrogens (primary N) is 2. The second kappa shape index (κ2) is 5.38. The van der Waals surface area contributed by atoms with Gasteiger partial charge in [0, 0.05) is 44.1 Å². The van der Waals surface area contributed by atoms with Crippen LogP contribution in [0, 0.1) is 0 Å². The molecule has 0 aromatic heterocycles. The molecule has 17 heavy (non-hydrogen) atoms. The quantitative estimate of drug-likeness (QED) is 0.754. The number of benzene rings is 1. The Bertz CT molecular complexity index is 370. The first-order valence-corrected chi connectivity index (χ1v) is 6.20. The number of hydrogen-bond acceptors (Lipinski definition) is 4. The molecule has 1 aliphatic heterocycles. The van der Waals surface area contributed by atoms with Gasteiger partial charge in [0.25, 0.3) is 0 Å². The van der Waals surface area contributed by atoms with Crippen LogP contribution in [-0.4, -0.2) is 49.6 Å². The lowest BCUT2D eigenvalue weighted by Gasteiger charge is -2.32. The molecule has 0 atom stereocenters. The van der Waals surface area contributed by atoms with Gasteiger partial charge in [-0.05, 0) is 37.2 Å². The highest BCUT2D eigenvalue weighted by Crippen LogP contribution is 2.16. The Balaban J connectivity index is 1.87. The summed E-state index contributed by atoms with van der Waals surface area (Å²) in [4.78, 5) is 4.86. The van der Waals surface area contributed by atoms with E-state index in [1.54, 1.807) is 0 Å². The van der Waals surface area contributed by atoms with E-state index in [9.17, 15) is 0 Å². The first-order chi connectivity index (χ1) is 8.15. The molecule has 1 aliphatic rings. The van der Waals surface area contributed by atoms with Crippen molar-refractivity contribution in [2.24, 2.45) is 0 Å². The van der Waals surface area contributed by atoms with Crippen LogP contribution >= 0.6 is 0 Å². The summed E-state index contributed by atoms with van der Waals surface area (Å²) in [6.45, 7) is 5.69. The second-order valence-electron chi connectivity index (χ2n) is 4.85. The minimum atomic E-state index is 0.799. The SMILES string of the molecule is CN1CCN(CCc2cc(N)ccc2N)CC1. The number of rotatable bonds is 3. The molecule has 0 spiro atoms. The molecule has 1 saturated heterocycles. The molecule has 0 unspecified atom stereocenters. The Morgan fingerprint density at radius 3 is 2.53 bits per heavy atom. The Morgan fingerprint density at radius 2 is 1.82 bits per heavy atom. The smallest absolute Gasteiger partial charge is 0.0348 e. The number of hydrogen-bond donors (Lipinski definition) is 2. The summed E-state index contributed by atoms with van der Waals surface area (Å²) >= 11 is 0. The molecule has 4 N–H and O–H groups in total. The van der Waals surface area contributed by atoms with Crippen molar-refractivity contribution >= 4 is 11.4 Å². The third kappa shape index (κ3) is 3.35. The molecule has 4 heteroatoms. The van der Waals surface area contributed by atoms with Crippen molar-refractivity contribution < 1.29 is 0 Å². The summed E-state index contributed by atoms with van der Waals surface area (Å²) in [5.41, 5.74) is 14.5. The molecule has 1 fully saturated rings. The highest BCUT2D eigenvalue weighted by molar-refractivity contribution is 5.55. The minimum Gasteiger partial charge on any atom is -0.399 e. The van der Waals surface area contributed by atoms with Crippen LogP contribution < -0.4 is 11.5 Å². The van der Waals surface area contributed by atoms with Crippen LogP contribution in [0.15, 0.2) is 18.2 Å². The van der Waals surface area contributed by atoms with Gasteiger partial charge in [0.15, 0.2) is 0 Å². The van der Waals surface area contributed by atoms with Crippen molar-refractivity contribution in [1.29, 1.82) is 0 Å². The molecule has 0 bridgehead atoms. The Labute approximate surface area is 103 Å². The fraction of sp³-hybridized carbons (Fsp3) is 0.538. The van der Waals surface area contributed by atoms with E-state index in [-0.39, 0.29) is 0 Å². The molecule has 0 saturated carbocycles. The standard InChI is InChI=1S/C13H22N4/c1-16-6-8-17(9-7-16)5-4-11-10-12(14)2-3-13(11)15/h2-3,10H,4-9,14-15H2,1H3. The van der Waals surface area contributed by atoms with Crippen LogP contribution in [0.1, 0.15) is 5.56 Å². The van der Waals surface area contributed by atoms with Crippen LogP contribution in [0.4, 0.5) is 11.4 Å². The fourth-order valence-corrected chi connectivity index (χ4v) is 2.19. The van der Waals surface area contributed by atoms with E-state index in [4.69, 9.17) is 11.5 Å². The number of nitrogens with zero attached hydrogens (tertiary/aromatic N) is 2. The van der Waals surface area contributed by atoms with Crippen molar-refractivity contribution in [3.05, 3.63) is 23.8 Å². The van der Waals surface area contributed by atoms with Crippen molar-refractivity contribution in [2.45, 2.75) is 6.42 Å². The van der Waals surface area contributed by atoms with Gasteiger partial charge in [-0.1, -0.05) is 0 Å². The molecule has 1 aromatic rings. The summed E-state index contributed by atoms with van der Waals surface area (Å²) in [7, 11) is 2.17. The van der Waals surface area contributed by atoms with Crippen LogP contribution in [0.2, 0.25) is 0 Å². The zero-order valence-corrected chi connectivity index (χ0v) is 10.5. The number of piperazine rings is 1. The van der Waals surface area contributed by atoms with Crippen molar-refractivity contribution in [3.63, 3.8) is 0 Å². The van der Waals surface area contributed by atoms with Gasteiger partial charge in [-0.2, -0.15) is 0 Å². The van der Waals surface area contributed by atoms with Gasteiger partial charge in [-0.15, -0.1) is 0 Å². The van der Waals surface area contributed by atoms with E-state index in [2.05, 4.69) is 16.8 Å². The highest BCUT2D eigenvalue weighted by atomic mass is 15.2. The largest absolute Gasteiger partial charge is 0.399 e. The van der Waals surface area contributed by atoms with Crippen LogP contribution in [0.25, 0.3) is 0 Å². The molecule has 0 radical (unpaired) electrons. The van der Waals surface area contributed by atoms with E-state index in [1.165, 1.54) is 5.56 Å². The molecular formula is C13H22N4. The third-order valence-corrected chi connectivity index (χ3v) is 3.46. The summed E-state index contributed by atoms with van der Waals surface area (Å²) in [6.07, 6.45) is 0.987. The van der Waals surface area contributed by atoms with E-state index < -0.39 is 0 Å². The molecule has 2 rings (SSSR count). The first kappa shape index (κ1) is 12.2. The maximum absolute atomic E-state index is 5.94. The molecule has 1 heterocycles. The third-order valence-electron chi connectivity index (χ3n) is 3.46. The summed E-state index contributed by atoms with van der Waals surface area (Å²) in [6, 6.07) is 5.74. The molecule has 94 valence electrons. The summed E-state index contributed by atoms with van der Waals surface area (Å²) in [5, 5.41) is 0. The van der Waals surface area contributed by atoms with E-state index in [0.29, 0.717) is 0 Å². The van der Waals surface area contributed by atoms with Gasteiger partial charge < -0.3 is 21.3 Å². The fourth-order valence-electron chi connectivity index (χ4n) is 2.19. The normalized spacial score (nSPS) is 18.4. The zero-order chi connectivity index (χ0) is 12.3. The van der Waals surface area contributed by atoms with Crippen molar-refractivity contribution in [3.8, 4) is 0 Å². The maximum Gasteiger partial charge on any atom is 0.0348 e. The molecule has 0 aliphatic carbocycles.